The minimum Gasteiger partial charge on any atom is -0.355 e. The molecule has 0 bridgehead atoms. The van der Waals surface area contributed by atoms with Gasteiger partial charge in [0.05, 0.1) is 0 Å². The van der Waals surface area contributed by atoms with E-state index in [0.29, 0.717) is 11.1 Å². The fourth-order valence-electron chi connectivity index (χ4n) is 2.10. The van der Waals surface area contributed by atoms with E-state index in [2.05, 4.69) is 10.6 Å². The molecule has 2 amide bonds. The number of hydrogen-bond acceptors (Lipinski definition) is 2. The number of amides is 2. The first-order valence-corrected chi connectivity index (χ1v) is 6.31. The van der Waals surface area contributed by atoms with Gasteiger partial charge in [-0.25, -0.2) is 0 Å². The molecule has 20 heavy (non-hydrogen) atoms. The van der Waals surface area contributed by atoms with Crippen molar-refractivity contribution in [3.8, 4) is 11.1 Å². The molecule has 0 fully saturated rings. The van der Waals surface area contributed by atoms with Crippen LogP contribution in [-0.2, 0) is 0 Å². The predicted octanol–water partition coefficient (Wildman–Crippen LogP) is 2.07. The van der Waals surface area contributed by atoms with Crippen molar-refractivity contribution in [2.45, 2.75) is 0 Å². The van der Waals surface area contributed by atoms with Gasteiger partial charge in [-0.15, -0.1) is 0 Å². The predicted molar refractivity (Wildman–Crippen MR) is 78.7 cm³/mol. The van der Waals surface area contributed by atoms with Crippen LogP contribution in [0.4, 0.5) is 0 Å². The highest BCUT2D eigenvalue weighted by molar-refractivity contribution is 6.06. The Balaban J connectivity index is 2.64. The highest BCUT2D eigenvalue weighted by Gasteiger charge is 2.16. The van der Waals surface area contributed by atoms with E-state index in [1.165, 1.54) is 0 Å². The average molecular weight is 268 g/mol. The highest BCUT2D eigenvalue weighted by atomic mass is 16.2. The van der Waals surface area contributed by atoms with Crippen LogP contribution in [0, 0.1) is 0 Å². The SMILES string of the molecule is CNC(=O)c1ccccc1-c1ccccc1C(=O)NC. The Morgan fingerprint density at radius 3 is 1.40 bits per heavy atom. The third-order valence-electron chi connectivity index (χ3n) is 3.09. The van der Waals surface area contributed by atoms with Gasteiger partial charge in [0.2, 0.25) is 0 Å². The van der Waals surface area contributed by atoms with Gasteiger partial charge in [0.15, 0.2) is 0 Å². The smallest absolute Gasteiger partial charge is 0.251 e. The van der Waals surface area contributed by atoms with E-state index in [4.69, 9.17) is 0 Å². The van der Waals surface area contributed by atoms with Gasteiger partial charge in [0, 0.05) is 25.2 Å². The Kier molecular flexibility index (Phi) is 4.15. The summed E-state index contributed by atoms with van der Waals surface area (Å²) in [5, 5.41) is 5.23. The third kappa shape index (κ3) is 2.54. The first kappa shape index (κ1) is 13.8. The molecule has 2 aromatic carbocycles. The molecule has 0 aliphatic heterocycles. The molecule has 0 radical (unpaired) electrons. The van der Waals surface area contributed by atoms with Gasteiger partial charge in [0.1, 0.15) is 0 Å². The molecule has 2 rings (SSSR count). The maximum Gasteiger partial charge on any atom is 0.251 e. The second kappa shape index (κ2) is 6.02. The monoisotopic (exact) mass is 268 g/mol. The number of rotatable bonds is 3. The topological polar surface area (TPSA) is 58.2 Å². The van der Waals surface area contributed by atoms with Crippen molar-refractivity contribution in [2.24, 2.45) is 0 Å². The van der Waals surface area contributed by atoms with Gasteiger partial charge in [-0.3, -0.25) is 9.59 Å². The van der Waals surface area contributed by atoms with Gasteiger partial charge in [-0.2, -0.15) is 0 Å². The van der Waals surface area contributed by atoms with E-state index in [0.717, 1.165) is 11.1 Å². The van der Waals surface area contributed by atoms with Crippen LogP contribution in [0.2, 0.25) is 0 Å². The number of carbonyl (C=O) groups is 2. The molecule has 0 atom stereocenters. The number of benzene rings is 2. The number of hydrogen-bond donors (Lipinski definition) is 2. The third-order valence-corrected chi connectivity index (χ3v) is 3.09. The van der Waals surface area contributed by atoms with Crippen molar-refractivity contribution < 1.29 is 9.59 Å². The van der Waals surface area contributed by atoms with Crippen LogP contribution in [0.5, 0.6) is 0 Å². The van der Waals surface area contributed by atoms with Crippen molar-refractivity contribution >= 4 is 11.8 Å². The first-order chi connectivity index (χ1) is 9.69. The van der Waals surface area contributed by atoms with E-state index in [1.54, 1.807) is 38.4 Å². The molecule has 0 saturated heterocycles. The van der Waals surface area contributed by atoms with Gasteiger partial charge in [-0.05, 0) is 23.3 Å². The minimum absolute atomic E-state index is 0.174. The van der Waals surface area contributed by atoms with Crippen molar-refractivity contribution in [1.29, 1.82) is 0 Å². The molecular weight excluding hydrogens is 252 g/mol. The van der Waals surface area contributed by atoms with E-state index >= 15 is 0 Å². The quantitative estimate of drug-likeness (QED) is 0.895. The average Bonchev–Trinajstić information content (AvgIpc) is 2.53. The largest absolute Gasteiger partial charge is 0.355 e. The molecule has 0 saturated carbocycles. The van der Waals surface area contributed by atoms with E-state index in [-0.39, 0.29) is 11.8 Å². The molecular formula is C16H16N2O2. The Labute approximate surface area is 117 Å². The van der Waals surface area contributed by atoms with Crippen molar-refractivity contribution in [1.82, 2.24) is 10.6 Å². The van der Waals surface area contributed by atoms with E-state index < -0.39 is 0 Å². The maximum atomic E-state index is 11.9. The Hall–Kier alpha value is -2.62. The lowest BCUT2D eigenvalue weighted by Gasteiger charge is -2.12. The summed E-state index contributed by atoms with van der Waals surface area (Å²) < 4.78 is 0. The Morgan fingerprint density at radius 1 is 0.700 bits per heavy atom. The molecule has 102 valence electrons. The summed E-state index contributed by atoms with van der Waals surface area (Å²) in [5.74, 6) is -0.348. The number of nitrogens with one attached hydrogen (secondary N) is 2. The lowest BCUT2D eigenvalue weighted by molar-refractivity contribution is 0.0953. The van der Waals surface area contributed by atoms with Crippen molar-refractivity contribution in [3.05, 3.63) is 59.7 Å². The van der Waals surface area contributed by atoms with E-state index in [1.807, 2.05) is 24.3 Å². The van der Waals surface area contributed by atoms with Crippen LogP contribution in [0.1, 0.15) is 20.7 Å². The van der Waals surface area contributed by atoms with Crippen LogP contribution < -0.4 is 10.6 Å². The fraction of sp³-hybridized carbons (Fsp3) is 0.125. The van der Waals surface area contributed by atoms with Crippen molar-refractivity contribution in [2.75, 3.05) is 14.1 Å². The summed E-state index contributed by atoms with van der Waals surface area (Å²) in [6.07, 6.45) is 0. The highest BCUT2D eigenvalue weighted by Crippen LogP contribution is 2.27. The molecule has 0 aliphatic rings. The maximum absolute atomic E-state index is 11.9. The molecule has 0 unspecified atom stereocenters. The first-order valence-electron chi connectivity index (χ1n) is 6.31. The lowest BCUT2D eigenvalue weighted by atomic mass is 9.94. The van der Waals surface area contributed by atoms with Crippen LogP contribution >= 0.6 is 0 Å². The summed E-state index contributed by atoms with van der Waals surface area (Å²) >= 11 is 0. The number of carbonyl (C=O) groups excluding carboxylic acids is 2. The molecule has 0 spiro atoms. The fourth-order valence-corrected chi connectivity index (χ4v) is 2.10. The van der Waals surface area contributed by atoms with Crippen LogP contribution in [0.15, 0.2) is 48.5 Å². The normalized spacial score (nSPS) is 9.90. The second-order valence-corrected chi connectivity index (χ2v) is 4.25. The molecule has 4 nitrogen and oxygen atoms in total. The zero-order valence-electron chi connectivity index (χ0n) is 11.4. The second-order valence-electron chi connectivity index (χ2n) is 4.25. The van der Waals surface area contributed by atoms with Crippen LogP contribution in [0.3, 0.4) is 0 Å². The Morgan fingerprint density at radius 2 is 1.05 bits per heavy atom. The standard InChI is InChI=1S/C16H16N2O2/c1-17-15(19)13-9-5-3-7-11(13)12-8-4-6-10-14(12)16(20)18-2/h3-10H,1-2H3,(H,17,19)(H,18,20). The molecule has 2 aromatic rings. The zero-order valence-corrected chi connectivity index (χ0v) is 11.4. The summed E-state index contributed by atoms with van der Waals surface area (Å²) in [6, 6.07) is 14.5. The summed E-state index contributed by atoms with van der Waals surface area (Å²) in [5.41, 5.74) is 2.58. The molecule has 0 aliphatic carbocycles. The molecule has 2 N–H and O–H groups in total. The zero-order chi connectivity index (χ0) is 14.5. The molecule has 4 heteroatoms. The van der Waals surface area contributed by atoms with Gasteiger partial charge >= 0.3 is 0 Å². The van der Waals surface area contributed by atoms with E-state index in [9.17, 15) is 9.59 Å². The molecule has 0 aromatic heterocycles. The Bertz CT molecular complexity index is 593. The minimum atomic E-state index is -0.174. The van der Waals surface area contributed by atoms with Crippen LogP contribution in [-0.4, -0.2) is 25.9 Å². The summed E-state index contributed by atoms with van der Waals surface area (Å²) in [6.45, 7) is 0. The van der Waals surface area contributed by atoms with Gasteiger partial charge < -0.3 is 10.6 Å². The van der Waals surface area contributed by atoms with Crippen molar-refractivity contribution in [3.63, 3.8) is 0 Å². The van der Waals surface area contributed by atoms with Gasteiger partial charge in [-0.1, -0.05) is 36.4 Å². The molecule has 0 heterocycles. The van der Waals surface area contributed by atoms with Gasteiger partial charge in [0.25, 0.3) is 11.8 Å². The summed E-state index contributed by atoms with van der Waals surface area (Å²) in [4.78, 5) is 23.9. The van der Waals surface area contributed by atoms with Crippen LogP contribution in [0.25, 0.3) is 11.1 Å². The lowest BCUT2D eigenvalue weighted by Crippen LogP contribution is -2.20. The summed E-state index contributed by atoms with van der Waals surface area (Å²) in [7, 11) is 3.17.